The van der Waals surface area contributed by atoms with E-state index in [1.54, 1.807) is 43.3 Å². The van der Waals surface area contributed by atoms with Crippen molar-refractivity contribution in [3.8, 4) is 5.75 Å². The number of ether oxygens (including phenoxy) is 1. The summed E-state index contributed by atoms with van der Waals surface area (Å²) in [5, 5.41) is -0.565. The number of rotatable bonds is 5. The molecule has 0 atom stereocenters. The summed E-state index contributed by atoms with van der Waals surface area (Å²) in [4.78, 5) is 20.2. The Bertz CT molecular complexity index is 1150. The maximum Gasteiger partial charge on any atom is 0.364 e. The van der Waals surface area contributed by atoms with E-state index < -0.39 is 21.0 Å². The topological polar surface area (TPSA) is 86.2 Å². The Morgan fingerprint density at radius 2 is 1.68 bits per heavy atom. The van der Waals surface area contributed by atoms with E-state index in [0.29, 0.717) is 11.3 Å². The quantitative estimate of drug-likeness (QED) is 0.355. The standard InChI is InChI=1S/C20H17ClN2O4S/c1-13-7-3-5-9-15(13)12-28(25,26)20-22-11-16(21)18(23-20)19(24)27-17-10-6-4-8-14(17)2/h3-11H,12H2,1-2H3. The van der Waals surface area contributed by atoms with Gasteiger partial charge in [0.15, 0.2) is 5.69 Å². The van der Waals surface area contributed by atoms with Crippen molar-refractivity contribution >= 4 is 27.4 Å². The van der Waals surface area contributed by atoms with Crippen molar-refractivity contribution in [2.24, 2.45) is 0 Å². The third kappa shape index (κ3) is 4.37. The molecule has 3 aromatic rings. The van der Waals surface area contributed by atoms with Crippen LogP contribution in [0.5, 0.6) is 5.75 Å². The third-order valence-corrected chi connectivity index (χ3v) is 5.82. The molecule has 0 saturated carbocycles. The minimum absolute atomic E-state index is 0.0894. The molecule has 0 radical (unpaired) electrons. The molecule has 6 nitrogen and oxygen atoms in total. The van der Waals surface area contributed by atoms with Crippen LogP contribution in [0.3, 0.4) is 0 Å². The first-order valence-electron chi connectivity index (χ1n) is 8.35. The number of aromatic nitrogens is 2. The lowest BCUT2D eigenvalue weighted by atomic mass is 10.1. The Morgan fingerprint density at radius 3 is 2.36 bits per heavy atom. The van der Waals surface area contributed by atoms with Gasteiger partial charge in [-0.15, -0.1) is 0 Å². The van der Waals surface area contributed by atoms with E-state index in [0.717, 1.165) is 17.3 Å². The zero-order chi connectivity index (χ0) is 20.3. The Labute approximate surface area is 168 Å². The molecule has 0 saturated heterocycles. The minimum Gasteiger partial charge on any atom is -0.421 e. The van der Waals surface area contributed by atoms with E-state index in [9.17, 15) is 13.2 Å². The monoisotopic (exact) mass is 416 g/mol. The number of carbonyl (C=O) groups is 1. The molecule has 1 heterocycles. The van der Waals surface area contributed by atoms with Crippen molar-refractivity contribution in [2.75, 3.05) is 0 Å². The number of carbonyl (C=O) groups excluding carboxylic acids is 1. The van der Waals surface area contributed by atoms with Crippen LogP contribution in [-0.2, 0) is 15.6 Å². The average molecular weight is 417 g/mol. The van der Waals surface area contributed by atoms with Crippen LogP contribution in [0.4, 0.5) is 0 Å². The zero-order valence-electron chi connectivity index (χ0n) is 15.2. The lowest BCUT2D eigenvalue weighted by Gasteiger charge is -2.09. The normalized spacial score (nSPS) is 11.2. The van der Waals surface area contributed by atoms with E-state index in [-0.39, 0.29) is 16.5 Å². The van der Waals surface area contributed by atoms with Crippen LogP contribution in [0.25, 0.3) is 0 Å². The SMILES string of the molecule is Cc1ccccc1CS(=O)(=O)c1ncc(Cl)c(C(=O)Oc2ccccc2C)n1. The summed E-state index contributed by atoms with van der Waals surface area (Å²) in [6.07, 6.45) is 1.09. The van der Waals surface area contributed by atoms with Gasteiger partial charge in [0.05, 0.1) is 17.0 Å². The van der Waals surface area contributed by atoms with Gasteiger partial charge in [-0.1, -0.05) is 54.1 Å². The fraction of sp³-hybridized carbons (Fsp3) is 0.150. The summed E-state index contributed by atoms with van der Waals surface area (Å²) in [5.41, 5.74) is 1.90. The number of hydrogen-bond acceptors (Lipinski definition) is 6. The molecular weight excluding hydrogens is 400 g/mol. The molecule has 0 N–H and O–H groups in total. The van der Waals surface area contributed by atoms with Crippen molar-refractivity contribution in [1.29, 1.82) is 0 Å². The second-order valence-electron chi connectivity index (χ2n) is 6.19. The van der Waals surface area contributed by atoms with Crippen LogP contribution >= 0.6 is 11.6 Å². The van der Waals surface area contributed by atoms with E-state index in [1.807, 2.05) is 19.1 Å². The summed E-state index contributed by atoms with van der Waals surface area (Å²) in [6.45, 7) is 3.60. The van der Waals surface area contributed by atoms with Gasteiger partial charge in [-0.25, -0.2) is 23.2 Å². The predicted molar refractivity (Wildman–Crippen MR) is 105 cm³/mol. The van der Waals surface area contributed by atoms with Gasteiger partial charge in [-0.3, -0.25) is 0 Å². The van der Waals surface area contributed by atoms with Crippen molar-refractivity contribution in [3.05, 3.63) is 82.1 Å². The first-order valence-corrected chi connectivity index (χ1v) is 10.4. The highest BCUT2D eigenvalue weighted by Gasteiger charge is 2.24. The Balaban J connectivity index is 1.91. The number of esters is 1. The van der Waals surface area contributed by atoms with Crippen molar-refractivity contribution in [2.45, 2.75) is 24.8 Å². The zero-order valence-corrected chi connectivity index (χ0v) is 16.8. The highest BCUT2D eigenvalue weighted by Crippen LogP contribution is 2.22. The van der Waals surface area contributed by atoms with Crippen molar-refractivity contribution in [3.63, 3.8) is 0 Å². The maximum atomic E-state index is 12.7. The van der Waals surface area contributed by atoms with Gasteiger partial charge in [-0.05, 0) is 36.6 Å². The smallest absolute Gasteiger partial charge is 0.364 e. The summed E-state index contributed by atoms with van der Waals surface area (Å²) < 4.78 is 30.8. The molecule has 0 aliphatic rings. The number of aryl methyl sites for hydroxylation is 2. The van der Waals surface area contributed by atoms with Crippen LogP contribution < -0.4 is 4.74 Å². The highest BCUT2D eigenvalue weighted by atomic mass is 35.5. The molecule has 1 aromatic heterocycles. The Morgan fingerprint density at radius 1 is 1.04 bits per heavy atom. The Hall–Kier alpha value is -2.77. The molecule has 0 aliphatic heterocycles. The van der Waals surface area contributed by atoms with Gasteiger partial charge in [-0.2, -0.15) is 0 Å². The molecule has 2 aromatic carbocycles. The first-order chi connectivity index (χ1) is 13.3. The molecule has 0 aliphatic carbocycles. The van der Waals surface area contributed by atoms with Crippen molar-refractivity contribution < 1.29 is 17.9 Å². The van der Waals surface area contributed by atoms with Gasteiger partial charge in [0.2, 0.25) is 15.0 Å². The largest absolute Gasteiger partial charge is 0.421 e. The molecule has 3 rings (SSSR count). The molecule has 8 heteroatoms. The maximum absolute atomic E-state index is 12.7. The van der Waals surface area contributed by atoms with Gasteiger partial charge in [0.1, 0.15) is 5.75 Å². The summed E-state index contributed by atoms with van der Waals surface area (Å²) in [6, 6.07) is 14.0. The van der Waals surface area contributed by atoms with E-state index in [4.69, 9.17) is 16.3 Å². The molecule has 0 unspecified atom stereocenters. The van der Waals surface area contributed by atoms with E-state index >= 15 is 0 Å². The number of hydrogen-bond donors (Lipinski definition) is 0. The number of nitrogens with zero attached hydrogens (tertiary/aromatic N) is 2. The van der Waals surface area contributed by atoms with E-state index in [1.165, 1.54) is 0 Å². The van der Waals surface area contributed by atoms with Crippen molar-refractivity contribution in [1.82, 2.24) is 9.97 Å². The molecule has 0 amide bonds. The highest BCUT2D eigenvalue weighted by molar-refractivity contribution is 7.90. The molecular formula is C20H17ClN2O4S. The van der Waals surface area contributed by atoms with Crippen LogP contribution in [0, 0.1) is 13.8 Å². The lowest BCUT2D eigenvalue weighted by molar-refractivity contribution is 0.0726. The Kier molecular flexibility index (Phi) is 5.76. The minimum atomic E-state index is -3.88. The molecule has 28 heavy (non-hydrogen) atoms. The summed E-state index contributed by atoms with van der Waals surface area (Å²) in [5.74, 6) is -0.798. The molecule has 0 fully saturated rings. The van der Waals surface area contributed by atoms with Gasteiger partial charge >= 0.3 is 5.97 Å². The number of benzene rings is 2. The number of halogens is 1. The van der Waals surface area contributed by atoms with Crippen LogP contribution in [0.15, 0.2) is 59.9 Å². The number of para-hydroxylation sites is 1. The van der Waals surface area contributed by atoms with Gasteiger partial charge in [0.25, 0.3) is 0 Å². The summed E-state index contributed by atoms with van der Waals surface area (Å²) >= 11 is 6.01. The third-order valence-electron chi connectivity index (χ3n) is 4.10. The second-order valence-corrected chi connectivity index (χ2v) is 8.48. The van der Waals surface area contributed by atoms with Gasteiger partial charge < -0.3 is 4.74 Å². The fourth-order valence-electron chi connectivity index (χ4n) is 2.50. The molecule has 144 valence electrons. The fourth-order valence-corrected chi connectivity index (χ4v) is 3.98. The van der Waals surface area contributed by atoms with Crippen LogP contribution in [-0.4, -0.2) is 24.4 Å². The van der Waals surface area contributed by atoms with Crippen LogP contribution in [0.1, 0.15) is 27.2 Å². The van der Waals surface area contributed by atoms with E-state index in [2.05, 4.69) is 9.97 Å². The average Bonchev–Trinajstić information content (AvgIpc) is 2.65. The lowest BCUT2D eigenvalue weighted by Crippen LogP contribution is -2.17. The van der Waals surface area contributed by atoms with Crippen LogP contribution in [0.2, 0.25) is 5.02 Å². The predicted octanol–water partition coefficient (Wildman–Crippen LogP) is 3.94. The van der Waals surface area contributed by atoms with Gasteiger partial charge in [0, 0.05) is 0 Å². The molecule has 0 spiro atoms. The first kappa shape index (κ1) is 20.0. The summed E-state index contributed by atoms with van der Waals surface area (Å²) in [7, 11) is -3.88. The molecule has 0 bridgehead atoms. The number of sulfone groups is 1. The second kappa shape index (κ2) is 8.08.